The van der Waals surface area contributed by atoms with Gasteiger partial charge in [-0.3, -0.25) is 4.79 Å². The summed E-state index contributed by atoms with van der Waals surface area (Å²) in [5.74, 6) is -0.684. The van der Waals surface area contributed by atoms with Crippen molar-refractivity contribution >= 4 is 5.91 Å². The van der Waals surface area contributed by atoms with Gasteiger partial charge in [-0.25, -0.2) is 0 Å². The first-order valence-corrected chi connectivity index (χ1v) is 6.45. The summed E-state index contributed by atoms with van der Waals surface area (Å²) in [4.78, 5) is 11.9. The minimum atomic E-state index is -4.55. The summed E-state index contributed by atoms with van der Waals surface area (Å²) in [6, 6.07) is 4.69. The van der Waals surface area contributed by atoms with E-state index in [9.17, 15) is 18.0 Å². The molecule has 2 N–H and O–H groups in total. The van der Waals surface area contributed by atoms with Gasteiger partial charge in [0.05, 0.1) is 11.1 Å². The zero-order chi connectivity index (χ0) is 15.2. The molecule has 0 spiro atoms. The van der Waals surface area contributed by atoms with Crippen LogP contribution in [0.1, 0.15) is 35.7 Å². The van der Waals surface area contributed by atoms with Gasteiger partial charge in [0, 0.05) is 13.2 Å². The van der Waals surface area contributed by atoms with Crippen LogP contribution in [0.2, 0.25) is 0 Å². The van der Waals surface area contributed by atoms with Crippen molar-refractivity contribution in [3.63, 3.8) is 0 Å². The van der Waals surface area contributed by atoms with Gasteiger partial charge in [0.2, 0.25) is 0 Å². The maximum atomic E-state index is 12.8. The van der Waals surface area contributed by atoms with E-state index in [4.69, 9.17) is 5.11 Å². The van der Waals surface area contributed by atoms with E-state index in [0.29, 0.717) is 6.42 Å². The quantitative estimate of drug-likeness (QED) is 0.846. The standard InChI is InChI=1S/C14H18F3NO2/c1-2-10(7-8-19)9-18-13(20)11-5-3-4-6-12(11)14(15,16)17/h3-6,10,19H,2,7-9H2,1H3,(H,18,20). The molecule has 1 aromatic rings. The van der Waals surface area contributed by atoms with Gasteiger partial charge in [0.25, 0.3) is 5.91 Å². The van der Waals surface area contributed by atoms with Crippen molar-refractivity contribution in [1.82, 2.24) is 5.32 Å². The molecule has 1 aromatic carbocycles. The zero-order valence-electron chi connectivity index (χ0n) is 11.2. The Morgan fingerprint density at radius 3 is 2.55 bits per heavy atom. The van der Waals surface area contributed by atoms with Crippen LogP contribution in [0.3, 0.4) is 0 Å². The molecule has 112 valence electrons. The van der Waals surface area contributed by atoms with Gasteiger partial charge in [0.1, 0.15) is 0 Å². The van der Waals surface area contributed by atoms with Crippen LogP contribution >= 0.6 is 0 Å². The lowest BCUT2D eigenvalue weighted by atomic mass is 10.0. The van der Waals surface area contributed by atoms with Crippen molar-refractivity contribution < 1.29 is 23.1 Å². The summed E-state index contributed by atoms with van der Waals surface area (Å²) < 4.78 is 38.3. The maximum Gasteiger partial charge on any atom is 0.417 e. The van der Waals surface area contributed by atoms with Crippen LogP contribution in [0.5, 0.6) is 0 Å². The normalized spacial score (nSPS) is 13.1. The van der Waals surface area contributed by atoms with E-state index in [1.165, 1.54) is 12.1 Å². The molecule has 0 heterocycles. The molecule has 6 heteroatoms. The van der Waals surface area contributed by atoms with Gasteiger partial charge in [-0.15, -0.1) is 0 Å². The fourth-order valence-electron chi connectivity index (χ4n) is 1.89. The Morgan fingerprint density at radius 2 is 2.00 bits per heavy atom. The van der Waals surface area contributed by atoms with Crippen molar-refractivity contribution in [2.45, 2.75) is 25.9 Å². The number of hydrogen-bond donors (Lipinski definition) is 2. The third-order valence-electron chi connectivity index (χ3n) is 3.14. The molecule has 0 aliphatic heterocycles. The van der Waals surface area contributed by atoms with E-state index in [2.05, 4.69) is 5.32 Å². The van der Waals surface area contributed by atoms with E-state index < -0.39 is 17.6 Å². The molecule has 3 nitrogen and oxygen atoms in total. The first kappa shape index (κ1) is 16.5. The molecule has 0 fully saturated rings. The van der Waals surface area contributed by atoms with Crippen LogP contribution in [0.4, 0.5) is 13.2 Å². The van der Waals surface area contributed by atoms with E-state index in [1.807, 2.05) is 6.92 Å². The van der Waals surface area contributed by atoms with E-state index in [1.54, 1.807) is 0 Å². The molecule has 0 aliphatic carbocycles. The highest BCUT2D eigenvalue weighted by atomic mass is 19.4. The van der Waals surface area contributed by atoms with Crippen molar-refractivity contribution in [1.29, 1.82) is 0 Å². The van der Waals surface area contributed by atoms with Gasteiger partial charge < -0.3 is 10.4 Å². The van der Waals surface area contributed by atoms with Gasteiger partial charge in [-0.1, -0.05) is 25.5 Å². The molecule has 1 rings (SSSR count). The molecule has 0 aliphatic rings. The molecule has 0 radical (unpaired) electrons. The number of nitrogens with one attached hydrogen (secondary N) is 1. The van der Waals surface area contributed by atoms with Crippen LogP contribution < -0.4 is 5.32 Å². The predicted octanol–water partition coefficient (Wildman–Crippen LogP) is 2.84. The van der Waals surface area contributed by atoms with Crippen LogP contribution in [-0.2, 0) is 6.18 Å². The van der Waals surface area contributed by atoms with Crippen molar-refractivity contribution in [3.05, 3.63) is 35.4 Å². The Kier molecular flexibility index (Phi) is 6.01. The number of aliphatic hydroxyl groups excluding tert-OH is 1. The van der Waals surface area contributed by atoms with Crippen molar-refractivity contribution in [3.8, 4) is 0 Å². The highest BCUT2D eigenvalue weighted by molar-refractivity contribution is 5.95. The number of hydrogen-bond acceptors (Lipinski definition) is 2. The number of alkyl halides is 3. The molecule has 1 unspecified atom stereocenters. The Hall–Kier alpha value is -1.56. The fourth-order valence-corrected chi connectivity index (χ4v) is 1.89. The second-order valence-electron chi connectivity index (χ2n) is 4.54. The third-order valence-corrected chi connectivity index (χ3v) is 3.14. The molecule has 1 atom stereocenters. The van der Waals surface area contributed by atoms with Gasteiger partial charge in [-0.05, 0) is 24.5 Å². The lowest BCUT2D eigenvalue weighted by Crippen LogP contribution is -2.31. The minimum Gasteiger partial charge on any atom is -0.396 e. The van der Waals surface area contributed by atoms with Crippen LogP contribution in [0.25, 0.3) is 0 Å². The Morgan fingerprint density at radius 1 is 1.35 bits per heavy atom. The summed E-state index contributed by atoms with van der Waals surface area (Å²) >= 11 is 0. The molecule has 0 saturated carbocycles. The highest BCUT2D eigenvalue weighted by Gasteiger charge is 2.34. The van der Waals surface area contributed by atoms with Gasteiger partial charge in [0.15, 0.2) is 0 Å². The fraction of sp³-hybridized carbons (Fsp3) is 0.500. The second-order valence-corrected chi connectivity index (χ2v) is 4.54. The number of aliphatic hydroxyl groups is 1. The largest absolute Gasteiger partial charge is 0.417 e. The molecular weight excluding hydrogens is 271 g/mol. The van der Waals surface area contributed by atoms with E-state index in [0.717, 1.165) is 18.6 Å². The molecule has 1 amide bonds. The molecule has 20 heavy (non-hydrogen) atoms. The van der Waals surface area contributed by atoms with Gasteiger partial charge in [-0.2, -0.15) is 13.2 Å². The SMILES string of the molecule is CCC(CCO)CNC(=O)c1ccccc1C(F)(F)F. The Bertz CT molecular complexity index is 446. The number of halogens is 3. The summed E-state index contributed by atoms with van der Waals surface area (Å²) in [6.07, 6.45) is -3.30. The monoisotopic (exact) mass is 289 g/mol. The number of benzene rings is 1. The summed E-state index contributed by atoms with van der Waals surface area (Å²) in [7, 11) is 0. The lowest BCUT2D eigenvalue weighted by Gasteiger charge is -2.16. The van der Waals surface area contributed by atoms with E-state index >= 15 is 0 Å². The predicted molar refractivity (Wildman–Crippen MR) is 69.3 cm³/mol. The van der Waals surface area contributed by atoms with Gasteiger partial charge >= 0.3 is 6.18 Å². The molecule has 0 aromatic heterocycles. The highest BCUT2D eigenvalue weighted by Crippen LogP contribution is 2.31. The first-order valence-electron chi connectivity index (χ1n) is 6.45. The zero-order valence-corrected chi connectivity index (χ0v) is 11.2. The average Bonchev–Trinajstić information content (AvgIpc) is 2.42. The third kappa shape index (κ3) is 4.52. The van der Waals surface area contributed by atoms with Crippen LogP contribution in [-0.4, -0.2) is 24.2 Å². The number of carbonyl (C=O) groups is 1. The second kappa shape index (κ2) is 7.28. The number of amides is 1. The topological polar surface area (TPSA) is 49.3 Å². The Labute approximate surface area is 115 Å². The smallest absolute Gasteiger partial charge is 0.396 e. The molecule has 0 saturated heterocycles. The summed E-state index contributed by atoms with van der Waals surface area (Å²) in [6.45, 7) is 2.14. The van der Waals surface area contributed by atoms with Crippen LogP contribution in [0, 0.1) is 5.92 Å². The van der Waals surface area contributed by atoms with Crippen molar-refractivity contribution in [2.24, 2.45) is 5.92 Å². The first-order chi connectivity index (χ1) is 9.40. The summed E-state index contributed by atoms with van der Waals surface area (Å²) in [5.41, 5.74) is -1.31. The minimum absolute atomic E-state index is 0.00643. The molecule has 0 bridgehead atoms. The number of rotatable bonds is 6. The molecular formula is C14H18F3NO2. The lowest BCUT2D eigenvalue weighted by molar-refractivity contribution is -0.137. The number of carbonyl (C=O) groups excluding carboxylic acids is 1. The summed E-state index contributed by atoms with van der Waals surface area (Å²) in [5, 5.41) is 11.3. The van der Waals surface area contributed by atoms with E-state index in [-0.39, 0.29) is 24.6 Å². The van der Waals surface area contributed by atoms with Crippen LogP contribution in [0.15, 0.2) is 24.3 Å². The maximum absolute atomic E-state index is 12.8. The Balaban J connectivity index is 2.78. The average molecular weight is 289 g/mol. The van der Waals surface area contributed by atoms with Crippen molar-refractivity contribution in [2.75, 3.05) is 13.2 Å².